The minimum Gasteiger partial charge on any atom is -0.467 e. The van der Waals surface area contributed by atoms with E-state index in [1.165, 1.54) is 24.5 Å². The van der Waals surface area contributed by atoms with E-state index in [-0.39, 0.29) is 29.1 Å². The fourth-order valence-electron chi connectivity index (χ4n) is 3.88. The van der Waals surface area contributed by atoms with Crippen LogP contribution in [0, 0.1) is 5.92 Å². The van der Waals surface area contributed by atoms with Crippen molar-refractivity contribution in [2.75, 3.05) is 13.1 Å². The van der Waals surface area contributed by atoms with Gasteiger partial charge in [0.1, 0.15) is 5.76 Å². The Hall–Kier alpha value is -3.42. The molecule has 4 rings (SSSR count). The third kappa shape index (κ3) is 4.10. The number of furan rings is 1. The first-order valence-corrected chi connectivity index (χ1v) is 10.4. The van der Waals surface area contributed by atoms with Crippen LogP contribution in [0.15, 0.2) is 41.0 Å². The molecule has 8 heteroatoms. The van der Waals surface area contributed by atoms with Crippen LogP contribution in [0.2, 0.25) is 0 Å². The van der Waals surface area contributed by atoms with Crippen molar-refractivity contribution in [3.63, 3.8) is 0 Å². The Morgan fingerprint density at radius 3 is 2.52 bits per heavy atom. The van der Waals surface area contributed by atoms with E-state index in [1.54, 1.807) is 24.0 Å². The highest BCUT2D eigenvalue weighted by molar-refractivity contribution is 6.21. The van der Waals surface area contributed by atoms with Gasteiger partial charge in [-0.05, 0) is 56.0 Å². The molecule has 162 valence electrons. The van der Waals surface area contributed by atoms with Gasteiger partial charge in [-0.3, -0.25) is 19.3 Å². The van der Waals surface area contributed by atoms with Crippen LogP contribution in [0.3, 0.4) is 0 Å². The van der Waals surface area contributed by atoms with Crippen LogP contribution < -0.4 is 0 Å². The van der Waals surface area contributed by atoms with Crippen molar-refractivity contribution in [2.24, 2.45) is 5.92 Å². The van der Waals surface area contributed by atoms with Crippen molar-refractivity contribution in [3.8, 4) is 0 Å². The molecule has 0 unspecified atom stereocenters. The molecule has 8 nitrogen and oxygen atoms in total. The second-order valence-electron chi connectivity index (χ2n) is 8.09. The fraction of sp³-hybridized carbons (Fsp3) is 0.391. The number of nitrogens with zero attached hydrogens (tertiary/aromatic N) is 2. The van der Waals surface area contributed by atoms with Gasteiger partial charge in [0.25, 0.3) is 17.7 Å². The molecule has 3 amide bonds. The standard InChI is InChI=1S/C23H24N2O6/c1-14-7-9-24(10-8-14)20(26)15(2)31-23(29)16-5-6-18-19(12-16)22(28)25(21(18)27)13-17-4-3-11-30-17/h3-6,11-12,14-15H,7-10,13H2,1-2H3/t15-/m1/s1. The predicted octanol–water partition coefficient (Wildman–Crippen LogP) is 2.88. The summed E-state index contributed by atoms with van der Waals surface area (Å²) in [5, 5.41) is 0. The van der Waals surface area contributed by atoms with Crippen molar-refractivity contribution in [1.29, 1.82) is 0 Å². The molecular formula is C23H24N2O6. The molecular weight excluding hydrogens is 400 g/mol. The van der Waals surface area contributed by atoms with Crippen LogP contribution >= 0.6 is 0 Å². The van der Waals surface area contributed by atoms with Gasteiger partial charge in [-0.25, -0.2) is 4.79 Å². The number of rotatable bonds is 5. The topological polar surface area (TPSA) is 97.1 Å². The number of hydrogen-bond donors (Lipinski definition) is 0. The zero-order chi connectivity index (χ0) is 22.1. The largest absolute Gasteiger partial charge is 0.467 e. The molecule has 1 aromatic carbocycles. The Bertz CT molecular complexity index is 1020. The fourth-order valence-corrected chi connectivity index (χ4v) is 3.88. The lowest BCUT2D eigenvalue weighted by atomic mass is 9.99. The Morgan fingerprint density at radius 2 is 1.84 bits per heavy atom. The van der Waals surface area contributed by atoms with E-state index >= 15 is 0 Å². The van der Waals surface area contributed by atoms with Crippen LogP contribution in [0.4, 0.5) is 0 Å². The van der Waals surface area contributed by atoms with Crippen LogP contribution in [-0.4, -0.2) is 52.7 Å². The van der Waals surface area contributed by atoms with Gasteiger partial charge in [0.15, 0.2) is 6.10 Å². The lowest BCUT2D eigenvalue weighted by Gasteiger charge is -2.31. The molecule has 0 spiro atoms. The Kier molecular flexibility index (Phi) is 5.63. The zero-order valence-electron chi connectivity index (χ0n) is 17.5. The molecule has 0 saturated carbocycles. The number of fused-ring (bicyclic) bond motifs is 1. The minimum atomic E-state index is -0.929. The number of hydrogen-bond acceptors (Lipinski definition) is 6. The number of likely N-dealkylation sites (tertiary alicyclic amines) is 1. The third-order valence-electron chi connectivity index (χ3n) is 5.83. The van der Waals surface area contributed by atoms with E-state index in [4.69, 9.17) is 9.15 Å². The SMILES string of the molecule is CC1CCN(C(=O)[C@@H](C)OC(=O)c2ccc3c(c2)C(=O)N(Cc2ccco2)C3=O)CC1. The van der Waals surface area contributed by atoms with E-state index < -0.39 is 23.9 Å². The number of carbonyl (C=O) groups excluding carboxylic acids is 4. The maximum atomic E-state index is 12.7. The normalized spacial score (nSPS) is 17.6. The third-order valence-corrected chi connectivity index (χ3v) is 5.83. The second-order valence-corrected chi connectivity index (χ2v) is 8.09. The molecule has 2 aromatic rings. The van der Waals surface area contributed by atoms with E-state index in [0.717, 1.165) is 17.7 Å². The van der Waals surface area contributed by atoms with Crippen LogP contribution in [0.1, 0.15) is 63.5 Å². The van der Waals surface area contributed by atoms with Gasteiger partial charge >= 0.3 is 5.97 Å². The lowest BCUT2D eigenvalue weighted by molar-refractivity contribution is -0.141. The highest BCUT2D eigenvalue weighted by Gasteiger charge is 2.37. The summed E-state index contributed by atoms with van der Waals surface area (Å²) >= 11 is 0. The number of esters is 1. The average molecular weight is 424 g/mol. The lowest BCUT2D eigenvalue weighted by Crippen LogP contribution is -2.44. The first kappa shape index (κ1) is 20.8. The van der Waals surface area contributed by atoms with E-state index in [2.05, 4.69) is 6.92 Å². The van der Waals surface area contributed by atoms with E-state index in [9.17, 15) is 19.2 Å². The molecule has 3 heterocycles. The quantitative estimate of drug-likeness (QED) is 0.541. The molecule has 31 heavy (non-hydrogen) atoms. The summed E-state index contributed by atoms with van der Waals surface area (Å²) in [5.41, 5.74) is 0.473. The Morgan fingerprint density at radius 1 is 1.13 bits per heavy atom. The van der Waals surface area contributed by atoms with Gasteiger partial charge in [-0.2, -0.15) is 0 Å². The summed E-state index contributed by atoms with van der Waals surface area (Å²) in [7, 11) is 0. The highest BCUT2D eigenvalue weighted by Crippen LogP contribution is 2.26. The maximum absolute atomic E-state index is 12.7. The van der Waals surface area contributed by atoms with Crippen molar-refractivity contribution >= 4 is 23.7 Å². The second kappa shape index (κ2) is 8.37. The van der Waals surface area contributed by atoms with Crippen molar-refractivity contribution in [1.82, 2.24) is 9.80 Å². The molecule has 2 aliphatic heterocycles. The first-order chi connectivity index (χ1) is 14.8. The number of imide groups is 1. The van der Waals surface area contributed by atoms with Crippen LogP contribution in [0.25, 0.3) is 0 Å². The van der Waals surface area contributed by atoms with E-state index in [1.807, 2.05) is 0 Å². The molecule has 2 aliphatic rings. The summed E-state index contributed by atoms with van der Waals surface area (Å²) in [6.07, 6.45) is 2.40. The average Bonchev–Trinajstić information content (AvgIpc) is 3.36. The zero-order valence-corrected chi connectivity index (χ0v) is 17.5. The summed E-state index contributed by atoms with van der Waals surface area (Å²) in [4.78, 5) is 53.3. The van der Waals surface area contributed by atoms with Crippen molar-refractivity contribution < 1.29 is 28.3 Å². The smallest absolute Gasteiger partial charge is 0.338 e. The number of carbonyl (C=O) groups is 4. The maximum Gasteiger partial charge on any atom is 0.338 e. The highest BCUT2D eigenvalue weighted by atomic mass is 16.5. The predicted molar refractivity (Wildman–Crippen MR) is 109 cm³/mol. The Labute approximate surface area is 179 Å². The molecule has 1 saturated heterocycles. The molecule has 0 radical (unpaired) electrons. The number of benzene rings is 1. The molecule has 1 fully saturated rings. The van der Waals surface area contributed by atoms with Gasteiger partial charge in [0.2, 0.25) is 0 Å². The molecule has 0 aliphatic carbocycles. The first-order valence-electron chi connectivity index (χ1n) is 10.4. The van der Waals surface area contributed by atoms with Gasteiger partial charge in [-0.1, -0.05) is 6.92 Å². The minimum absolute atomic E-state index is 0.0130. The van der Waals surface area contributed by atoms with Gasteiger partial charge < -0.3 is 14.1 Å². The number of piperidine rings is 1. The number of amides is 3. The van der Waals surface area contributed by atoms with Gasteiger partial charge in [0, 0.05) is 13.1 Å². The molecule has 0 N–H and O–H groups in total. The molecule has 0 bridgehead atoms. The van der Waals surface area contributed by atoms with Crippen LogP contribution in [-0.2, 0) is 16.1 Å². The monoisotopic (exact) mass is 424 g/mol. The summed E-state index contributed by atoms with van der Waals surface area (Å²) in [6.45, 7) is 5.02. The van der Waals surface area contributed by atoms with Gasteiger partial charge in [-0.15, -0.1) is 0 Å². The van der Waals surface area contributed by atoms with E-state index in [0.29, 0.717) is 24.8 Å². The summed E-state index contributed by atoms with van der Waals surface area (Å²) in [6, 6.07) is 7.57. The molecule has 1 atom stereocenters. The molecule has 1 aromatic heterocycles. The van der Waals surface area contributed by atoms with Gasteiger partial charge in [0.05, 0.1) is 29.5 Å². The van der Waals surface area contributed by atoms with Crippen molar-refractivity contribution in [3.05, 3.63) is 59.0 Å². The summed E-state index contributed by atoms with van der Waals surface area (Å²) < 4.78 is 10.6. The van der Waals surface area contributed by atoms with Crippen molar-refractivity contribution in [2.45, 2.75) is 39.3 Å². The number of ether oxygens (including phenoxy) is 1. The Balaban J connectivity index is 1.44. The van der Waals surface area contributed by atoms with Crippen LogP contribution in [0.5, 0.6) is 0 Å². The summed E-state index contributed by atoms with van der Waals surface area (Å²) in [5.74, 6) is -0.817.